The van der Waals surface area contributed by atoms with Crippen molar-refractivity contribution in [3.63, 3.8) is 0 Å². The summed E-state index contributed by atoms with van der Waals surface area (Å²) < 4.78 is 0. The minimum Gasteiger partial charge on any atom is -0.378 e. The largest absolute Gasteiger partial charge is 0.378 e. The van der Waals surface area contributed by atoms with E-state index in [9.17, 15) is 0 Å². The van der Waals surface area contributed by atoms with Crippen molar-refractivity contribution in [2.24, 2.45) is 0 Å². The van der Waals surface area contributed by atoms with Gasteiger partial charge in [0.05, 0.1) is 5.69 Å². The third kappa shape index (κ3) is 5.19. The molecule has 0 unspecified atom stereocenters. The Kier molecular flexibility index (Phi) is 6.52. The average molecular weight is 373 g/mol. The van der Waals surface area contributed by atoms with E-state index < -0.39 is 0 Å². The highest BCUT2D eigenvalue weighted by Crippen LogP contribution is 2.24. The quantitative estimate of drug-likeness (QED) is 0.795. The second-order valence-electron chi connectivity index (χ2n) is 7.35. The summed E-state index contributed by atoms with van der Waals surface area (Å²) in [4.78, 5) is 11.8. The Morgan fingerprint density at radius 2 is 1.73 bits per heavy atom. The Hall–Kier alpha value is -1.62. The van der Waals surface area contributed by atoms with E-state index in [2.05, 4.69) is 63.0 Å². The molecule has 0 spiro atoms. The van der Waals surface area contributed by atoms with E-state index >= 15 is 0 Å². The van der Waals surface area contributed by atoms with Gasteiger partial charge in [-0.05, 0) is 56.3 Å². The number of halogens is 1. The third-order valence-corrected chi connectivity index (χ3v) is 5.31. The highest BCUT2D eigenvalue weighted by atomic mass is 35.5. The van der Waals surface area contributed by atoms with Gasteiger partial charge < -0.3 is 4.90 Å². The summed E-state index contributed by atoms with van der Waals surface area (Å²) in [6.07, 6.45) is 1.18. The molecule has 26 heavy (non-hydrogen) atoms. The molecule has 5 heteroatoms. The molecule has 0 saturated carbocycles. The van der Waals surface area contributed by atoms with Crippen LogP contribution in [-0.4, -0.2) is 55.1 Å². The first-order valence-electron chi connectivity index (χ1n) is 9.34. The number of aryl methyl sites for hydroxylation is 1. The smallest absolute Gasteiger partial charge is 0.0547 e. The zero-order chi connectivity index (χ0) is 18.5. The molecule has 1 aliphatic rings. The van der Waals surface area contributed by atoms with E-state index in [4.69, 9.17) is 11.6 Å². The fourth-order valence-electron chi connectivity index (χ4n) is 3.44. The van der Waals surface area contributed by atoms with Crippen LogP contribution in [0.3, 0.4) is 0 Å². The van der Waals surface area contributed by atoms with Crippen molar-refractivity contribution in [3.8, 4) is 0 Å². The molecule has 0 atom stereocenters. The van der Waals surface area contributed by atoms with Gasteiger partial charge in [0.2, 0.25) is 0 Å². The number of anilines is 1. The standard InChI is InChI=1S/C21H29ClN4/c1-17-6-4-7-19(23-17)16-26-11-5-10-25(12-13-26)15-18-8-9-20(24(2)3)14-21(18)22/h4,6-9,14H,5,10-13,15-16H2,1-3H3. The Bertz CT molecular complexity index is 732. The third-order valence-electron chi connectivity index (χ3n) is 4.96. The number of hydrogen-bond donors (Lipinski definition) is 0. The molecule has 0 aliphatic carbocycles. The monoisotopic (exact) mass is 372 g/mol. The summed E-state index contributed by atoms with van der Waals surface area (Å²) in [5.74, 6) is 0. The Labute approximate surface area is 162 Å². The van der Waals surface area contributed by atoms with Crippen LogP contribution in [0.1, 0.15) is 23.4 Å². The van der Waals surface area contributed by atoms with Crippen LogP contribution in [0.5, 0.6) is 0 Å². The maximum absolute atomic E-state index is 6.51. The van der Waals surface area contributed by atoms with Gasteiger partial charge in [0.25, 0.3) is 0 Å². The molecular weight excluding hydrogens is 344 g/mol. The molecule has 1 aromatic heterocycles. The second-order valence-corrected chi connectivity index (χ2v) is 7.75. The van der Waals surface area contributed by atoms with Crippen LogP contribution in [0.4, 0.5) is 5.69 Å². The van der Waals surface area contributed by atoms with Crippen molar-refractivity contribution in [2.75, 3.05) is 45.2 Å². The van der Waals surface area contributed by atoms with Crippen molar-refractivity contribution in [2.45, 2.75) is 26.4 Å². The van der Waals surface area contributed by atoms with E-state index in [0.29, 0.717) is 0 Å². The van der Waals surface area contributed by atoms with E-state index in [1.165, 1.54) is 17.7 Å². The Balaban J connectivity index is 1.57. The van der Waals surface area contributed by atoms with Crippen LogP contribution in [0.25, 0.3) is 0 Å². The minimum atomic E-state index is 0.862. The molecule has 0 amide bonds. The molecular formula is C21H29ClN4. The summed E-state index contributed by atoms with van der Waals surface area (Å²) in [7, 11) is 4.08. The van der Waals surface area contributed by atoms with Gasteiger partial charge in [0, 0.05) is 56.7 Å². The van der Waals surface area contributed by atoms with Gasteiger partial charge in [-0.3, -0.25) is 14.8 Å². The molecule has 1 saturated heterocycles. The molecule has 2 heterocycles. The summed E-state index contributed by atoms with van der Waals surface area (Å²) >= 11 is 6.51. The van der Waals surface area contributed by atoms with Crippen LogP contribution >= 0.6 is 11.6 Å². The van der Waals surface area contributed by atoms with Crippen molar-refractivity contribution < 1.29 is 0 Å². The zero-order valence-corrected chi connectivity index (χ0v) is 16.8. The van der Waals surface area contributed by atoms with Gasteiger partial charge in [-0.2, -0.15) is 0 Å². The van der Waals surface area contributed by atoms with Gasteiger partial charge in [-0.1, -0.05) is 23.7 Å². The van der Waals surface area contributed by atoms with Crippen molar-refractivity contribution in [1.29, 1.82) is 0 Å². The molecule has 3 rings (SSSR count). The lowest BCUT2D eigenvalue weighted by Gasteiger charge is -2.22. The summed E-state index contributed by atoms with van der Waals surface area (Å²) in [6, 6.07) is 12.7. The Morgan fingerprint density at radius 3 is 2.38 bits per heavy atom. The van der Waals surface area contributed by atoms with Crippen LogP contribution < -0.4 is 4.90 Å². The van der Waals surface area contributed by atoms with E-state index in [1.54, 1.807) is 0 Å². The molecule has 1 fully saturated rings. The van der Waals surface area contributed by atoms with Crippen LogP contribution in [0.2, 0.25) is 5.02 Å². The highest BCUT2D eigenvalue weighted by Gasteiger charge is 2.16. The van der Waals surface area contributed by atoms with Gasteiger partial charge in [-0.15, -0.1) is 0 Å². The highest BCUT2D eigenvalue weighted by molar-refractivity contribution is 6.31. The second kappa shape index (κ2) is 8.85. The number of nitrogens with zero attached hydrogens (tertiary/aromatic N) is 4. The van der Waals surface area contributed by atoms with E-state index in [0.717, 1.165) is 55.7 Å². The van der Waals surface area contributed by atoms with Crippen molar-refractivity contribution in [3.05, 3.63) is 58.4 Å². The zero-order valence-electron chi connectivity index (χ0n) is 16.1. The lowest BCUT2D eigenvalue weighted by molar-refractivity contribution is 0.245. The first-order chi connectivity index (χ1) is 12.5. The van der Waals surface area contributed by atoms with Gasteiger partial charge in [-0.25, -0.2) is 0 Å². The number of rotatable bonds is 5. The van der Waals surface area contributed by atoms with Gasteiger partial charge >= 0.3 is 0 Å². The van der Waals surface area contributed by atoms with E-state index in [-0.39, 0.29) is 0 Å². The first kappa shape index (κ1) is 19.2. The number of pyridine rings is 1. The Morgan fingerprint density at radius 1 is 1.00 bits per heavy atom. The van der Waals surface area contributed by atoms with Crippen LogP contribution in [0, 0.1) is 6.92 Å². The molecule has 2 aromatic rings. The summed E-state index contributed by atoms with van der Waals surface area (Å²) in [6.45, 7) is 8.29. The molecule has 1 aromatic carbocycles. The predicted octanol–water partition coefficient (Wildman–Crippen LogP) is 3.82. The average Bonchev–Trinajstić information content (AvgIpc) is 2.82. The molecule has 0 N–H and O–H groups in total. The summed E-state index contributed by atoms with van der Waals surface area (Å²) in [5.41, 5.74) is 4.62. The van der Waals surface area contributed by atoms with Gasteiger partial charge in [0.15, 0.2) is 0 Å². The van der Waals surface area contributed by atoms with Crippen LogP contribution in [0.15, 0.2) is 36.4 Å². The number of hydrogen-bond acceptors (Lipinski definition) is 4. The molecule has 140 valence electrons. The predicted molar refractivity (Wildman–Crippen MR) is 110 cm³/mol. The lowest BCUT2D eigenvalue weighted by atomic mass is 10.2. The van der Waals surface area contributed by atoms with Gasteiger partial charge in [0.1, 0.15) is 0 Å². The molecule has 4 nitrogen and oxygen atoms in total. The fourth-order valence-corrected chi connectivity index (χ4v) is 3.68. The summed E-state index contributed by atoms with van der Waals surface area (Å²) in [5, 5.41) is 0.862. The molecule has 0 bridgehead atoms. The number of aromatic nitrogens is 1. The van der Waals surface area contributed by atoms with E-state index in [1.807, 2.05) is 14.1 Å². The topological polar surface area (TPSA) is 22.6 Å². The van der Waals surface area contributed by atoms with Crippen molar-refractivity contribution in [1.82, 2.24) is 14.8 Å². The normalized spacial score (nSPS) is 16.5. The fraction of sp³-hybridized carbons (Fsp3) is 0.476. The van der Waals surface area contributed by atoms with Crippen LogP contribution in [-0.2, 0) is 13.1 Å². The molecule has 0 radical (unpaired) electrons. The lowest BCUT2D eigenvalue weighted by Crippen LogP contribution is -2.30. The molecule has 1 aliphatic heterocycles. The number of benzene rings is 1. The van der Waals surface area contributed by atoms with Crippen molar-refractivity contribution >= 4 is 17.3 Å². The maximum atomic E-state index is 6.51. The first-order valence-corrected chi connectivity index (χ1v) is 9.72. The maximum Gasteiger partial charge on any atom is 0.0547 e. The minimum absolute atomic E-state index is 0.862. The SMILES string of the molecule is Cc1cccc(CN2CCCN(Cc3ccc(N(C)C)cc3Cl)CC2)n1.